The maximum atomic E-state index is 7.31. The zero-order valence-electron chi connectivity index (χ0n) is 11.7. The molecule has 0 radical (unpaired) electrons. The van der Waals surface area contributed by atoms with E-state index in [1.54, 1.807) is 30.3 Å². The molecule has 0 bridgehead atoms. The summed E-state index contributed by atoms with van der Waals surface area (Å²) in [6, 6.07) is 12.6. The Kier molecular flexibility index (Phi) is 5.06. The second-order valence-corrected chi connectivity index (χ2v) is 4.98. The first-order chi connectivity index (χ1) is 10.1. The van der Waals surface area contributed by atoms with Gasteiger partial charge in [0, 0.05) is 10.6 Å². The molecule has 0 aliphatic rings. The Bertz CT molecular complexity index is 627. The molecule has 4 nitrogen and oxygen atoms in total. The highest BCUT2D eigenvalue weighted by Gasteiger charge is 2.01. The predicted octanol–water partition coefficient (Wildman–Crippen LogP) is 3.39. The first kappa shape index (κ1) is 15.2. The Morgan fingerprint density at radius 2 is 1.76 bits per heavy atom. The van der Waals surface area contributed by atoms with Crippen LogP contribution in [0.3, 0.4) is 0 Å². The van der Waals surface area contributed by atoms with E-state index in [2.05, 4.69) is 0 Å². The van der Waals surface area contributed by atoms with Gasteiger partial charge in [-0.3, -0.25) is 5.41 Å². The molecule has 0 atom stereocenters. The van der Waals surface area contributed by atoms with Gasteiger partial charge in [0.1, 0.15) is 30.5 Å². The zero-order chi connectivity index (χ0) is 15.2. The monoisotopic (exact) mass is 304 g/mol. The first-order valence-electron chi connectivity index (χ1n) is 6.52. The number of hydrogen-bond acceptors (Lipinski definition) is 3. The van der Waals surface area contributed by atoms with Gasteiger partial charge >= 0.3 is 0 Å². The highest BCUT2D eigenvalue weighted by atomic mass is 35.5. The second-order valence-electron chi connectivity index (χ2n) is 4.54. The van der Waals surface area contributed by atoms with Crippen molar-refractivity contribution in [1.29, 1.82) is 5.41 Å². The standard InChI is InChI=1S/C16H17ClN2O2/c1-11-10-13(17)4-7-15(11)21-9-8-20-14-5-2-12(3-6-14)16(18)19/h2-7,10H,8-9H2,1H3,(H3,18,19). The van der Waals surface area contributed by atoms with Gasteiger partial charge in [0.2, 0.25) is 0 Å². The lowest BCUT2D eigenvalue weighted by Crippen LogP contribution is -2.11. The lowest BCUT2D eigenvalue weighted by molar-refractivity contribution is 0.216. The number of nitrogens with two attached hydrogens (primary N) is 1. The Hall–Kier alpha value is -2.20. The Balaban J connectivity index is 1.80. The third kappa shape index (κ3) is 4.39. The number of hydrogen-bond donors (Lipinski definition) is 2. The Morgan fingerprint density at radius 1 is 1.10 bits per heavy atom. The quantitative estimate of drug-likeness (QED) is 0.488. The summed E-state index contributed by atoms with van der Waals surface area (Å²) >= 11 is 5.89. The molecular formula is C16H17ClN2O2. The van der Waals surface area contributed by atoms with Crippen LogP contribution in [-0.2, 0) is 0 Å². The van der Waals surface area contributed by atoms with Crippen LogP contribution in [0.2, 0.25) is 5.02 Å². The predicted molar refractivity (Wildman–Crippen MR) is 84.6 cm³/mol. The molecule has 0 aromatic heterocycles. The highest BCUT2D eigenvalue weighted by molar-refractivity contribution is 6.30. The molecule has 0 saturated carbocycles. The third-order valence-corrected chi connectivity index (χ3v) is 3.15. The van der Waals surface area contributed by atoms with E-state index < -0.39 is 0 Å². The van der Waals surface area contributed by atoms with Crippen molar-refractivity contribution in [2.75, 3.05) is 13.2 Å². The summed E-state index contributed by atoms with van der Waals surface area (Å²) in [4.78, 5) is 0. The van der Waals surface area contributed by atoms with Crippen molar-refractivity contribution in [2.24, 2.45) is 5.73 Å². The molecule has 0 fully saturated rings. The van der Waals surface area contributed by atoms with E-state index in [0.717, 1.165) is 17.1 Å². The normalized spacial score (nSPS) is 10.2. The van der Waals surface area contributed by atoms with Crippen LogP contribution in [0.4, 0.5) is 0 Å². The minimum absolute atomic E-state index is 0.0445. The molecule has 5 heteroatoms. The number of benzene rings is 2. The average Bonchev–Trinajstić information content (AvgIpc) is 2.46. The third-order valence-electron chi connectivity index (χ3n) is 2.91. The van der Waals surface area contributed by atoms with E-state index in [0.29, 0.717) is 23.8 Å². The molecule has 0 aliphatic carbocycles. The number of halogens is 1. The molecule has 2 rings (SSSR count). The lowest BCUT2D eigenvalue weighted by atomic mass is 10.2. The van der Waals surface area contributed by atoms with Crippen LogP contribution >= 0.6 is 11.6 Å². The van der Waals surface area contributed by atoms with Gasteiger partial charge in [-0.2, -0.15) is 0 Å². The molecule has 110 valence electrons. The van der Waals surface area contributed by atoms with E-state index in [4.69, 9.17) is 32.2 Å². The summed E-state index contributed by atoms with van der Waals surface area (Å²) in [6.07, 6.45) is 0. The topological polar surface area (TPSA) is 68.3 Å². The molecule has 21 heavy (non-hydrogen) atoms. The lowest BCUT2D eigenvalue weighted by Gasteiger charge is -2.10. The summed E-state index contributed by atoms with van der Waals surface area (Å²) in [7, 11) is 0. The van der Waals surface area contributed by atoms with Crippen molar-refractivity contribution in [1.82, 2.24) is 0 Å². The van der Waals surface area contributed by atoms with Gasteiger partial charge in [-0.05, 0) is 55.0 Å². The summed E-state index contributed by atoms with van der Waals surface area (Å²) < 4.78 is 11.2. The molecule has 0 unspecified atom stereocenters. The maximum absolute atomic E-state index is 7.31. The largest absolute Gasteiger partial charge is 0.490 e. The van der Waals surface area contributed by atoms with E-state index >= 15 is 0 Å². The van der Waals surface area contributed by atoms with Gasteiger partial charge in [-0.1, -0.05) is 11.6 Å². The molecule has 0 saturated heterocycles. The number of rotatable bonds is 6. The number of nitrogen functional groups attached to an aromatic ring is 1. The maximum Gasteiger partial charge on any atom is 0.122 e. The van der Waals surface area contributed by atoms with Crippen LogP contribution in [0.5, 0.6) is 11.5 Å². The molecule has 0 aliphatic heterocycles. The van der Waals surface area contributed by atoms with Gasteiger partial charge in [0.15, 0.2) is 0 Å². The molecule has 3 N–H and O–H groups in total. The molecular weight excluding hydrogens is 288 g/mol. The molecule has 2 aromatic carbocycles. The van der Waals surface area contributed by atoms with Gasteiger partial charge in [-0.15, -0.1) is 0 Å². The van der Waals surface area contributed by atoms with Crippen molar-refractivity contribution in [3.63, 3.8) is 0 Å². The van der Waals surface area contributed by atoms with Crippen LogP contribution < -0.4 is 15.2 Å². The Morgan fingerprint density at radius 3 is 2.38 bits per heavy atom. The van der Waals surface area contributed by atoms with E-state index in [9.17, 15) is 0 Å². The number of amidine groups is 1. The number of ether oxygens (including phenoxy) is 2. The molecule has 0 heterocycles. The second kappa shape index (κ2) is 6.99. The summed E-state index contributed by atoms with van der Waals surface area (Å²) in [5.74, 6) is 1.56. The first-order valence-corrected chi connectivity index (χ1v) is 6.90. The SMILES string of the molecule is Cc1cc(Cl)ccc1OCCOc1ccc(C(=N)N)cc1. The van der Waals surface area contributed by atoms with E-state index in [1.165, 1.54) is 0 Å². The van der Waals surface area contributed by atoms with Crippen molar-refractivity contribution < 1.29 is 9.47 Å². The van der Waals surface area contributed by atoms with Gasteiger partial charge < -0.3 is 15.2 Å². The van der Waals surface area contributed by atoms with Gasteiger partial charge in [0.05, 0.1) is 0 Å². The fraction of sp³-hybridized carbons (Fsp3) is 0.188. The fourth-order valence-corrected chi connectivity index (χ4v) is 2.04. The molecule has 0 amide bonds. The van der Waals surface area contributed by atoms with E-state index in [-0.39, 0.29) is 5.84 Å². The van der Waals surface area contributed by atoms with Gasteiger partial charge in [-0.25, -0.2) is 0 Å². The Labute approximate surface area is 129 Å². The number of aryl methyl sites for hydroxylation is 1. The minimum Gasteiger partial charge on any atom is -0.490 e. The molecule has 2 aromatic rings. The summed E-state index contributed by atoms with van der Waals surface area (Å²) in [6.45, 7) is 2.82. The van der Waals surface area contributed by atoms with Crippen LogP contribution in [0.25, 0.3) is 0 Å². The van der Waals surface area contributed by atoms with E-state index in [1.807, 2.05) is 19.1 Å². The van der Waals surface area contributed by atoms with Crippen LogP contribution in [0, 0.1) is 12.3 Å². The zero-order valence-corrected chi connectivity index (χ0v) is 12.5. The van der Waals surface area contributed by atoms with Crippen LogP contribution in [0.15, 0.2) is 42.5 Å². The average molecular weight is 305 g/mol. The molecule has 0 spiro atoms. The summed E-state index contributed by atoms with van der Waals surface area (Å²) in [5.41, 5.74) is 7.06. The van der Waals surface area contributed by atoms with Crippen molar-refractivity contribution in [3.05, 3.63) is 58.6 Å². The van der Waals surface area contributed by atoms with Crippen LogP contribution in [0.1, 0.15) is 11.1 Å². The highest BCUT2D eigenvalue weighted by Crippen LogP contribution is 2.21. The van der Waals surface area contributed by atoms with Crippen molar-refractivity contribution in [2.45, 2.75) is 6.92 Å². The minimum atomic E-state index is 0.0445. The van der Waals surface area contributed by atoms with Crippen LogP contribution in [-0.4, -0.2) is 19.0 Å². The smallest absolute Gasteiger partial charge is 0.122 e. The number of nitrogens with one attached hydrogen (secondary N) is 1. The van der Waals surface area contributed by atoms with Crippen molar-refractivity contribution >= 4 is 17.4 Å². The summed E-state index contributed by atoms with van der Waals surface area (Å²) in [5, 5.41) is 8.01. The van der Waals surface area contributed by atoms with Gasteiger partial charge in [0.25, 0.3) is 0 Å². The fourth-order valence-electron chi connectivity index (χ4n) is 1.82. The van der Waals surface area contributed by atoms with Crippen molar-refractivity contribution in [3.8, 4) is 11.5 Å².